The Hall–Kier alpha value is -1.47. The van der Waals surface area contributed by atoms with E-state index >= 15 is 0 Å². The Morgan fingerprint density at radius 3 is 1.15 bits per heavy atom. The maximum absolute atomic E-state index is 12.4. The molecule has 0 rings (SSSR count). The van der Waals surface area contributed by atoms with Gasteiger partial charge < -0.3 is 19.3 Å². The molecule has 0 amide bonds. The Morgan fingerprint density at radius 2 is 0.778 bits per heavy atom. The number of unbranched alkanes of at least 4 members (excludes halogenated alkanes) is 28. The predicted octanol–water partition coefficient (Wildman–Crippen LogP) is 14.0. The van der Waals surface area contributed by atoms with Crippen molar-refractivity contribution in [2.24, 2.45) is 0 Å². The summed E-state index contributed by atoms with van der Waals surface area (Å²) in [6, 6.07) is 0. The van der Waals surface area contributed by atoms with Crippen LogP contribution in [-0.2, 0) is 28.2 Å². The molecule has 2 N–H and O–H groups in total. The molecular weight excluding hydrogens is 699 g/mol. The van der Waals surface area contributed by atoms with E-state index in [1.165, 1.54) is 161 Å². The van der Waals surface area contributed by atoms with Crippen LogP contribution in [0, 0.1) is 0 Å². The van der Waals surface area contributed by atoms with Crippen molar-refractivity contribution >= 4 is 19.8 Å². The lowest BCUT2D eigenvalue weighted by Gasteiger charge is -2.18. The molecule has 0 saturated carbocycles. The molecule has 8 nitrogen and oxygen atoms in total. The number of carbonyl (C=O) groups excluding carboxylic acids is 2. The van der Waals surface area contributed by atoms with Gasteiger partial charge in [-0.1, -0.05) is 179 Å². The zero-order valence-electron chi connectivity index (χ0n) is 35.1. The van der Waals surface area contributed by atoms with Crippen molar-refractivity contribution in [3.63, 3.8) is 0 Å². The second kappa shape index (κ2) is 41.2. The van der Waals surface area contributed by atoms with Gasteiger partial charge in [0.15, 0.2) is 6.10 Å². The number of rotatable bonds is 42. The predicted molar refractivity (Wildman–Crippen MR) is 225 cm³/mol. The molecule has 0 aromatic rings. The highest BCUT2D eigenvalue weighted by molar-refractivity contribution is 7.46. The minimum atomic E-state index is -4.75. The van der Waals surface area contributed by atoms with Gasteiger partial charge in [-0.3, -0.25) is 14.1 Å². The minimum Gasteiger partial charge on any atom is -0.462 e. The second-order valence-corrected chi connectivity index (χ2v) is 16.6. The van der Waals surface area contributed by atoms with Gasteiger partial charge in [-0.2, -0.15) is 0 Å². The number of phosphoric ester groups is 1. The highest BCUT2D eigenvalue weighted by Crippen LogP contribution is 2.36. The van der Waals surface area contributed by atoms with Crippen LogP contribution in [0.2, 0.25) is 0 Å². The van der Waals surface area contributed by atoms with E-state index in [1.54, 1.807) is 0 Å². The fraction of sp³-hybridized carbons (Fsp3) is 0.867. The Labute approximate surface area is 332 Å². The molecule has 0 unspecified atom stereocenters. The minimum absolute atomic E-state index is 0.212. The SMILES string of the molecule is CCCCCC/C=C/CCCCCCCCCCCC(=O)OC[C@H](COP(=O)(O)O)OC(=O)CCCCCCCCCCC/C=C/CCCCCCCC. The van der Waals surface area contributed by atoms with E-state index in [2.05, 4.69) is 42.7 Å². The van der Waals surface area contributed by atoms with Crippen molar-refractivity contribution in [2.75, 3.05) is 13.2 Å². The van der Waals surface area contributed by atoms with Crippen LogP contribution in [0.25, 0.3) is 0 Å². The number of allylic oxidation sites excluding steroid dienone is 4. The molecule has 0 aromatic carbocycles. The fourth-order valence-electron chi connectivity index (χ4n) is 6.54. The molecule has 9 heteroatoms. The summed E-state index contributed by atoms with van der Waals surface area (Å²) >= 11 is 0. The topological polar surface area (TPSA) is 119 Å². The van der Waals surface area contributed by atoms with Crippen LogP contribution < -0.4 is 0 Å². The largest absolute Gasteiger partial charge is 0.469 e. The number of carbonyl (C=O) groups is 2. The van der Waals surface area contributed by atoms with Crippen molar-refractivity contribution in [1.29, 1.82) is 0 Å². The third-order valence-corrected chi connectivity index (χ3v) is 10.4. The van der Waals surface area contributed by atoms with E-state index in [-0.39, 0.29) is 19.4 Å². The van der Waals surface area contributed by atoms with Crippen LogP contribution in [0.1, 0.15) is 232 Å². The maximum atomic E-state index is 12.4. The molecule has 0 spiro atoms. The van der Waals surface area contributed by atoms with Crippen molar-refractivity contribution in [1.82, 2.24) is 0 Å². The molecule has 1 atom stereocenters. The molecule has 0 heterocycles. The summed E-state index contributed by atoms with van der Waals surface area (Å²) in [5, 5.41) is 0. The third kappa shape index (κ3) is 43.3. The summed E-state index contributed by atoms with van der Waals surface area (Å²) in [7, 11) is -4.75. The summed E-state index contributed by atoms with van der Waals surface area (Å²) in [5.41, 5.74) is 0. The molecule has 0 aromatic heterocycles. The average Bonchev–Trinajstić information content (AvgIpc) is 3.14. The molecule has 0 radical (unpaired) electrons. The monoisotopic (exact) mass is 785 g/mol. The van der Waals surface area contributed by atoms with Gasteiger partial charge in [-0.15, -0.1) is 0 Å². The van der Waals surface area contributed by atoms with Crippen molar-refractivity contribution in [3.05, 3.63) is 24.3 Å². The quantitative estimate of drug-likeness (QED) is 0.0272. The highest BCUT2D eigenvalue weighted by atomic mass is 31.2. The Morgan fingerprint density at radius 1 is 0.463 bits per heavy atom. The van der Waals surface area contributed by atoms with Crippen molar-refractivity contribution in [2.45, 2.75) is 238 Å². The van der Waals surface area contributed by atoms with E-state index in [9.17, 15) is 14.2 Å². The van der Waals surface area contributed by atoms with Gasteiger partial charge in [0.2, 0.25) is 0 Å². The first kappa shape index (κ1) is 52.5. The van der Waals surface area contributed by atoms with Gasteiger partial charge in [0.25, 0.3) is 0 Å². The molecule has 318 valence electrons. The number of esters is 2. The highest BCUT2D eigenvalue weighted by Gasteiger charge is 2.23. The first-order chi connectivity index (χ1) is 26.3. The summed E-state index contributed by atoms with van der Waals surface area (Å²) < 4.78 is 26.4. The van der Waals surface area contributed by atoms with E-state index in [1.807, 2.05) is 0 Å². The smallest absolute Gasteiger partial charge is 0.462 e. The third-order valence-electron chi connectivity index (χ3n) is 9.94. The van der Waals surface area contributed by atoms with E-state index in [4.69, 9.17) is 19.3 Å². The van der Waals surface area contributed by atoms with E-state index in [0.29, 0.717) is 6.42 Å². The summed E-state index contributed by atoms with van der Waals surface area (Å²) in [6.07, 6.45) is 47.5. The molecule has 0 aliphatic carbocycles. The normalized spacial score (nSPS) is 12.6. The average molecular weight is 785 g/mol. The lowest BCUT2D eigenvalue weighted by molar-refractivity contribution is -0.161. The first-order valence-electron chi connectivity index (χ1n) is 22.6. The number of phosphoric acid groups is 1. The number of ether oxygens (including phenoxy) is 2. The van der Waals surface area contributed by atoms with Gasteiger partial charge in [-0.05, 0) is 64.2 Å². The van der Waals surface area contributed by atoms with Crippen LogP contribution in [0.5, 0.6) is 0 Å². The Bertz CT molecular complexity index is 931. The summed E-state index contributed by atoms with van der Waals surface area (Å²) in [6.45, 7) is 3.69. The van der Waals surface area contributed by atoms with Crippen LogP contribution in [-0.4, -0.2) is 41.0 Å². The summed E-state index contributed by atoms with van der Waals surface area (Å²) in [4.78, 5) is 42.9. The lowest BCUT2D eigenvalue weighted by atomic mass is 10.1. The van der Waals surface area contributed by atoms with Gasteiger partial charge in [0.05, 0.1) is 6.61 Å². The molecule has 0 aliphatic heterocycles. The van der Waals surface area contributed by atoms with Gasteiger partial charge in [0.1, 0.15) is 6.61 Å². The maximum Gasteiger partial charge on any atom is 0.469 e. The summed E-state index contributed by atoms with van der Waals surface area (Å²) in [5.74, 6) is -0.880. The first-order valence-corrected chi connectivity index (χ1v) is 24.2. The lowest BCUT2D eigenvalue weighted by Crippen LogP contribution is -2.29. The van der Waals surface area contributed by atoms with E-state index in [0.717, 1.165) is 38.5 Å². The van der Waals surface area contributed by atoms with Gasteiger partial charge >= 0.3 is 19.8 Å². The van der Waals surface area contributed by atoms with Crippen LogP contribution >= 0.6 is 7.82 Å². The standard InChI is InChI=1S/C45H85O8P/c1-3-5-7-9-11-13-15-17-19-21-22-24-26-28-30-32-34-36-38-40-45(47)53-43(42-52-54(48,49)50)41-51-44(46)39-37-35-33-31-29-27-25-23-20-18-16-14-12-10-8-6-4-2/h14,16-17,19,43H,3-13,15,18,20-42H2,1-2H3,(H2,48,49,50)/b16-14+,19-17+/t43-/m1/s1. The van der Waals surface area contributed by atoms with Gasteiger partial charge in [0, 0.05) is 12.8 Å². The Kier molecular flexibility index (Phi) is 40.1. The molecule has 0 fully saturated rings. The zero-order chi connectivity index (χ0) is 39.6. The molecule has 0 bridgehead atoms. The second-order valence-electron chi connectivity index (χ2n) is 15.4. The van der Waals surface area contributed by atoms with Crippen molar-refractivity contribution < 1.29 is 37.9 Å². The van der Waals surface area contributed by atoms with Crippen LogP contribution in [0.3, 0.4) is 0 Å². The molecule has 0 aliphatic rings. The molecule has 0 saturated heterocycles. The number of hydrogen-bond acceptors (Lipinski definition) is 6. The van der Waals surface area contributed by atoms with E-state index < -0.39 is 32.5 Å². The van der Waals surface area contributed by atoms with Crippen LogP contribution in [0.4, 0.5) is 0 Å². The van der Waals surface area contributed by atoms with Crippen LogP contribution in [0.15, 0.2) is 24.3 Å². The fourth-order valence-corrected chi connectivity index (χ4v) is 6.90. The zero-order valence-corrected chi connectivity index (χ0v) is 36.0. The Balaban J connectivity index is 3.86. The molecular formula is C45H85O8P. The van der Waals surface area contributed by atoms with Gasteiger partial charge in [-0.25, -0.2) is 4.57 Å². The number of hydrogen-bond donors (Lipinski definition) is 2. The molecule has 54 heavy (non-hydrogen) atoms. The van der Waals surface area contributed by atoms with Crippen molar-refractivity contribution in [3.8, 4) is 0 Å².